The van der Waals surface area contributed by atoms with E-state index in [0.29, 0.717) is 15.6 Å². The van der Waals surface area contributed by atoms with Crippen LogP contribution < -0.4 is 0 Å². The Balaban J connectivity index is 2.83. The Morgan fingerprint density at radius 2 is 2.08 bits per heavy atom. The summed E-state index contributed by atoms with van der Waals surface area (Å²) in [5.41, 5.74) is 0.364. The normalized spacial score (nSPS) is 11.0. The van der Waals surface area contributed by atoms with Crippen molar-refractivity contribution < 1.29 is 8.78 Å². The number of hydrogen-bond donors (Lipinski definition) is 0. The van der Waals surface area contributed by atoms with Crippen LogP contribution in [0, 0.1) is 11.6 Å². The zero-order valence-corrected chi connectivity index (χ0v) is 8.88. The van der Waals surface area contributed by atoms with Crippen LogP contribution in [0.1, 0.15) is 5.56 Å². The average molecular weight is 263 g/mol. The highest BCUT2D eigenvalue weighted by Crippen LogP contribution is 2.28. The van der Waals surface area contributed by atoms with Gasteiger partial charge in [0, 0.05) is 10.9 Å². The minimum Gasteiger partial charge on any atom is -0.203 e. The third-order valence-electron chi connectivity index (χ3n) is 1.84. The molecule has 1 heterocycles. The molecule has 0 bridgehead atoms. The topological polar surface area (TPSA) is 0 Å². The molecular weight excluding hydrogens is 258 g/mol. The van der Waals surface area contributed by atoms with Crippen LogP contribution in [0.25, 0.3) is 10.1 Å². The van der Waals surface area contributed by atoms with Crippen LogP contribution in [0.2, 0.25) is 0 Å². The molecule has 2 rings (SSSR count). The molecule has 0 aliphatic heterocycles. The molecule has 4 heteroatoms. The maximum atomic E-state index is 13.3. The Labute approximate surface area is 86.3 Å². The van der Waals surface area contributed by atoms with Crippen LogP contribution in [0.4, 0.5) is 8.78 Å². The van der Waals surface area contributed by atoms with Gasteiger partial charge in [0.25, 0.3) is 0 Å². The van der Waals surface area contributed by atoms with E-state index in [1.54, 1.807) is 17.5 Å². The predicted octanol–water partition coefficient (Wildman–Crippen LogP) is 4.07. The van der Waals surface area contributed by atoms with Crippen LogP contribution in [0.3, 0.4) is 0 Å². The van der Waals surface area contributed by atoms with Gasteiger partial charge in [-0.2, -0.15) is 0 Å². The first-order valence-corrected chi connectivity index (χ1v) is 5.64. The van der Waals surface area contributed by atoms with E-state index in [4.69, 9.17) is 0 Å². The third kappa shape index (κ3) is 1.38. The van der Waals surface area contributed by atoms with Gasteiger partial charge in [-0.25, -0.2) is 8.78 Å². The van der Waals surface area contributed by atoms with Gasteiger partial charge < -0.3 is 0 Å². The lowest BCUT2D eigenvalue weighted by molar-refractivity contribution is 0.512. The Hall–Kier alpha value is -0.480. The zero-order chi connectivity index (χ0) is 9.42. The van der Waals surface area contributed by atoms with Gasteiger partial charge in [-0.3, -0.25) is 0 Å². The summed E-state index contributed by atoms with van der Waals surface area (Å²) in [6.07, 6.45) is 0. The van der Waals surface area contributed by atoms with E-state index in [1.807, 2.05) is 0 Å². The highest BCUT2D eigenvalue weighted by molar-refractivity contribution is 9.08. The number of thiophene rings is 1. The molecule has 0 amide bonds. The molecule has 0 aliphatic carbocycles. The summed E-state index contributed by atoms with van der Waals surface area (Å²) in [7, 11) is 0. The summed E-state index contributed by atoms with van der Waals surface area (Å²) in [5, 5.41) is 2.85. The molecule has 0 saturated carbocycles. The van der Waals surface area contributed by atoms with Gasteiger partial charge in [-0.1, -0.05) is 15.9 Å². The Kier molecular flexibility index (Phi) is 2.34. The molecule has 13 heavy (non-hydrogen) atoms. The fraction of sp³-hybridized carbons (Fsp3) is 0.111. The summed E-state index contributed by atoms with van der Waals surface area (Å²) in [5.74, 6) is -1.48. The molecule has 0 spiro atoms. The second-order valence-electron chi connectivity index (χ2n) is 2.64. The number of hydrogen-bond acceptors (Lipinski definition) is 1. The van der Waals surface area contributed by atoms with Gasteiger partial charge in [-0.05, 0) is 22.9 Å². The Bertz CT molecular complexity index is 450. The van der Waals surface area contributed by atoms with Crippen LogP contribution in [0.15, 0.2) is 17.5 Å². The standard InChI is InChI=1S/C9H5BrF2S/c10-4-6-3-5-1-2-13-9(5)8(12)7(6)11/h1-3H,4H2. The Morgan fingerprint density at radius 3 is 2.77 bits per heavy atom. The zero-order valence-electron chi connectivity index (χ0n) is 6.48. The molecule has 0 nitrogen and oxygen atoms in total. The molecule has 2 aromatic rings. The molecule has 0 atom stereocenters. The second-order valence-corrected chi connectivity index (χ2v) is 4.11. The molecule has 0 unspecified atom stereocenters. The lowest BCUT2D eigenvalue weighted by Gasteiger charge is -2.00. The van der Waals surface area contributed by atoms with E-state index >= 15 is 0 Å². The molecule has 1 aromatic carbocycles. The number of halogens is 3. The highest BCUT2D eigenvalue weighted by atomic mass is 79.9. The number of alkyl halides is 1. The summed E-state index contributed by atoms with van der Waals surface area (Å²) in [6.45, 7) is 0. The van der Waals surface area contributed by atoms with E-state index in [0.717, 1.165) is 5.39 Å². The van der Waals surface area contributed by atoms with Crippen molar-refractivity contribution in [3.05, 3.63) is 34.7 Å². The van der Waals surface area contributed by atoms with Crippen LogP contribution >= 0.6 is 27.3 Å². The van der Waals surface area contributed by atoms with E-state index in [1.165, 1.54) is 11.3 Å². The molecular formula is C9H5BrF2S. The third-order valence-corrected chi connectivity index (χ3v) is 3.37. The first-order chi connectivity index (χ1) is 6.24. The fourth-order valence-corrected chi connectivity index (χ4v) is 2.42. The lowest BCUT2D eigenvalue weighted by atomic mass is 10.2. The molecule has 68 valence electrons. The molecule has 0 saturated heterocycles. The van der Waals surface area contributed by atoms with Gasteiger partial charge in [0.15, 0.2) is 11.6 Å². The van der Waals surface area contributed by atoms with Crippen molar-refractivity contribution in [2.24, 2.45) is 0 Å². The molecule has 0 aliphatic rings. The van der Waals surface area contributed by atoms with Gasteiger partial charge >= 0.3 is 0 Å². The molecule has 0 radical (unpaired) electrons. The van der Waals surface area contributed by atoms with Crippen molar-refractivity contribution in [1.82, 2.24) is 0 Å². The van der Waals surface area contributed by atoms with E-state index in [9.17, 15) is 8.78 Å². The number of fused-ring (bicyclic) bond motifs is 1. The Morgan fingerprint density at radius 1 is 1.31 bits per heavy atom. The molecule has 1 aromatic heterocycles. The lowest BCUT2D eigenvalue weighted by Crippen LogP contribution is -1.90. The maximum absolute atomic E-state index is 13.3. The van der Waals surface area contributed by atoms with Crippen molar-refractivity contribution in [3.63, 3.8) is 0 Å². The molecule has 0 N–H and O–H groups in total. The van der Waals surface area contributed by atoms with Crippen molar-refractivity contribution >= 4 is 37.4 Å². The average Bonchev–Trinajstić information content (AvgIpc) is 2.59. The summed E-state index contributed by atoms with van der Waals surface area (Å²) in [4.78, 5) is 0. The summed E-state index contributed by atoms with van der Waals surface area (Å²) in [6, 6.07) is 3.45. The second kappa shape index (κ2) is 3.35. The van der Waals surface area contributed by atoms with Gasteiger partial charge in [-0.15, -0.1) is 11.3 Å². The van der Waals surface area contributed by atoms with Crippen LogP contribution in [-0.4, -0.2) is 0 Å². The summed E-state index contributed by atoms with van der Waals surface area (Å²) >= 11 is 4.33. The van der Waals surface area contributed by atoms with E-state index in [2.05, 4.69) is 15.9 Å². The molecule has 0 fully saturated rings. The van der Waals surface area contributed by atoms with Crippen molar-refractivity contribution in [1.29, 1.82) is 0 Å². The van der Waals surface area contributed by atoms with Crippen molar-refractivity contribution in [2.75, 3.05) is 0 Å². The van der Waals surface area contributed by atoms with Crippen LogP contribution in [0.5, 0.6) is 0 Å². The quantitative estimate of drug-likeness (QED) is 0.680. The first-order valence-electron chi connectivity index (χ1n) is 3.64. The van der Waals surface area contributed by atoms with E-state index in [-0.39, 0.29) is 0 Å². The largest absolute Gasteiger partial charge is 0.203 e. The maximum Gasteiger partial charge on any atom is 0.176 e. The summed E-state index contributed by atoms with van der Waals surface area (Å²) < 4.78 is 26.9. The number of benzene rings is 1. The first kappa shape index (κ1) is 9.09. The minimum atomic E-state index is -0.744. The number of rotatable bonds is 1. The SMILES string of the molecule is Fc1c(CBr)cc2ccsc2c1F. The van der Waals surface area contributed by atoms with Crippen molar-refractivity contribution in [3.8, 4) is 0 Å². The van der Waals surface area contributed by atoms with Gasteiger partial charge in [0.05, 0.1) is 4.70 Å². The highest BCUT2D eigenvalue weighted by Gasteiger charge is 2.12. The monoisotopic (exact) mass is 262 g/mol. The van der Waals surface area contributed by atoms with Crippen LogP contribution in [-0.2, 0) is 5.33 Å². The predicted molar refractivity (Wildman–Crippen MR) is 54.4 cm³/mol. The van der Waals surface area contributed by atoms with Gasteiger partial charge in [0.2, 0.25) is 0 Å². The smallest absolute Gasteiger partial charge is 0.176 e. The van der Waals surface area contributed by atoms with Gasteiger partial charge in [0.1, 0.15) is 0 Å². The van der Waals surface area contributed by atoms with Crippen molar-refractivity contribution in [2.45, 2.75) is 5.33 Å². The fourth-order valence-electron chi connectivity index (χ4n) is 1.20. The van der Waals surface area contributed by atoms with E-state index < -0.39 is 11.6 Å². The minimum absolute atomic E-state index is 0.335.